The molecule has 0 spiro atoms. The van der Waals surface area contributed by atoms with Gasteiger partial charge in [0.05, 0.1) is 24.1 Å². The van der Waals surface area contributed by atoms with E-state index in [0.717, 1.165) is 26.5 Å². The highest BCUT2D eigenvalue weighted by Gasteiger charge is 2.08. The summed E-state index contributed by atoms with van der Waals surface area (Å²) in [7, 11) is 0. The second-order valence-electron chi connectivity index (χ2n) is 5.62. The first-order chi connectivity index (χ1) is 15.0. The van der Waals surface area contributed by atoms with Crippen LogP contribution in [0.1, 0.15) is 18.7 Å². The van der Waals surface area contributed by atoms with Crippen LogP contribution < -0.4 is 10.5 Å². The summed E-state index contributed by atoms with van der Waals surface area (Å²) in [6.45, 7) is 4.16. The lowest BCUT2D eigenvalue weighted by Crippen LogP contribution is -2.00. The number of fused-ring (bicyclic) bond motifs is 1. The van der Waals surface area contributed by atoms with Gasteiger partial charge in [-0.15, -0.1) is 11.3 Å². The summed E-state index contributed by atoms with van der Waals surface area (Å²) in [5.41, 5.74) is 5.67. The number of thiophene rings is 1. The Morgan fingerprint density at radius 3 is 2.23 bits per heavy atom. The van der Waals surface area contributed by atoms with Crippen molar-refractivity contribution >= 4 is 45.2 Å². The van der Waals surface area contributed by atoms with Crippen molar-refractivity contribution in [2.45, 2.75) is 20.4 Å². The Labute approximate surface area is 187 Å². The lowest BCUT2D eigenvalue weighted by molar-refractivity contribution is 0.152. The highest BCUT2D eigenvalue weighted by molar-refractivity contribution is 7.19. The molecule has 3 rings (SSSR count). The second kappa shape index (κ2) is 12.6. The maximum atomic E-state index is 10.5. The minimum absolute atomic E-state index is 0.195. The topological polar surface area (TPSA) is 125 Å². The van der Waals surface area contributed by atoms with Crippen molar-refractivity contribution in [2.24, 2.45) is 16.0 Å². The van der Waals surface area contributed by atoms with Crippen molar-refractivity contribution < 1.29 is 23.8 Å². The fraction of sp³-hybridized carbons (Fsp3) is 0.250. The Kier molecular flexibility index (Phi) is 9.82. The number of azo groups is 1. The fourth-order valence-electron chi connectivity index (χ4n) is 2.19. The van der Waals surface area contributed by atoms with E-state index in [-0.39, 0.29) is 13.2 Å². The number of hydrogen-bond donors (Lipinski definition) is 1. The number of halogens is 1. The van der Waals surface area contributed by atoms with Crippen molar-refractivity contribution in [3.8, 4) is 11.5 Å². The fourth-order valence-corrected chi connectivity index (χ4v) is 3.24. The highest BCUT2D eigenvalue weighted by atomic mass is 35.5. The van der Waals surface area contributed by atoms with Gasteiger partial charge in [-0.2, -0.15) is 0 Å². The van der Waals surface area contributed by atoms with Gasteiger partial charge in [0, 0.05) is 28.0 Å². The van der Waals surface area contributed by atoms with E-state index >= 15 is 0 Å². The molecule has 11 heteroatoms. The maximum absolute atomic E-state index is 10.5. The number of nitrogens with two attached hydrogens (primary N) is 1. The smallest absolute Gasteiger partial charge is 0.452 e. The number of hydrogen-bond acceptors (Lipinski definition) is 8. The summed E-state index contributed by atoms with van der Waals surface area (Å²) in [5.74, 6) is 1.47. The number of pyridine rings is 1. The largest absolute Gasteiger partial charge is 0.455 e. The molecule has 0 radical (unpaired) electrons. The third-order valence-corrected chi connectivity index (χ3v) is 4.80. The monoisotopic (exact) mass is 464 g/mol. The zero-order valence-corrected chi connectivity index (χ0v) is 18.5. The third kappa shape index (κ3) is 7.93. The van der Waals surface area contributed by atoms with Crippen LogP contribution >= 0.6 is 22.9 Å². The molecule has 0 fully saturated rings. The molecule has 9 nitrogen and oxygen atoms in total. The molecule has 0 aliphatic carbocycles. The lowest BCUT2D eigenvalue weighted by Gasteiger charge is -2.06. The van der Waals surface area contributed by atoms with Crippen LogP contribution in [0, 0.1) is 0 Å². The molecule has 0 aliphatic rings. The van der Waals surface area contributed by atoms with Gasteiger partial charge in [0.2, 0.25) is 0 Å². The Bertz CT molecular complexity index is 1020. The van der Waals surface area contributed by atoms with Gasteiger partial charge in [-0.3, -0.25) is 4.98 Å². The van der Waals surface area contributed by atoms with Crippen molar-refractivity contribution in [1.82, 2.24) is 4.98 Å². The van der Waals surface area contributed by atoms with Crippen molar-refractivity contribution in [1.29, 1.82) is 0 Å². The van der Waals surface area contributed by atoms with Crippen LogP contribution in [0.2, 0.25) is 5.02 Å². The molecule has 2 N–H and O–H groups in total. The van der Waals surface area contributed by atoms with Gasteiger partial charge >= 0.3 is 12.2 Å². The van der Waals surface area contributed by atoms with Crippen molar-refractivity contribution in [3.63, 3.8) is 0 Å². The molecule has 2 amide bonds. The van der Waals surface area contributed by atoms with E-state index in [1.807, 2.05) is 24.4 Å². The van der Waals surface area contributed by atoms with Crippen LogP contribution in [0.4, 0.5) is 9.59 Å². The second-order valence-corrected chi connectivity index (χ2v) is 7.22. The number of amides is 2. The highest BCUT2D eigenvalue weighted by Crippen LogP contribution is 2.34. The Morgan fingerprint density at radius 1 is 1.06 bits per heavy atom. The quantitative estimate of drug-likeness (QED) is 0.462. The summed E-state index contributed by atoms with van der Waals surface area (Å²) < 4.78 is 15.7. The molecule has 0 atom stereocenters. The molecule has 31 heavy (non-hydrogen) atoms. The first-order valence-electron chi connectivity index (χ1n) is 9.22. The van der Waals surface area contributed by atoms with Crippen molar-refractivity contribution in [3.05, 3.63) is 52.6 Å². The molecule has 0 bridgehead atoms. The number of carbonyl (C=O) groups excluding carboxylic acids is 2. The van der Waals surface area contributed by atoms with Gasteiger partial charge in [-0.1, -0.05) is 21.8 Å². The van der Waals surface area contributed by atoms with Crippen molar-refractivity contribution in [2.75, 3.05) is 13.2 Å². The van der Waals surface area contributed by atoms with Crippen LogP contribution in [0.25, 0.3) is 10.1 Å². The molecule has 164 valence electrons. The van der Waals surface area contributed by atoms with Gasteiger partial charge in [-0.05, 0) is 44.2 Å². The minimum Gasteiger partial charge on any atom is -0.455 e. The van der Waals surface area contributed by atoms with E-state index in [4.69, 9.17) is 22.1 Å². The summed E-state index contributed by atoms with van der Waals surface area (Å²) in [5, 5.41) is 7.57. The third-order valence-electron chi connectivity index (χ3n) is 3.45. The Hall–Kier alpha value is -3.08. The summed E-state index contributed by atoms with van der Waals surface area (Å²) in [6, 6.07) is 9.30. The average molecular weight is 465 g/mol. The summed E-state index contributed by atoms with van der Waals surface area (Å²) in [6.07, 6.45) is 1.74. The molecule has 0 unspecified atom stereocenters. The van der Waals surface area contributed by atoms with Gasteiger partial charge in [0.25, 0.3) is 0 Å². The maximum Gasteiger partial charge on any atom is 0.452 e. The van der Waals surface area contributed by atoms with E-state index < -0.39 is 12.2 Å². The van der Waals surface area contributed by atoms with Gasteiger partial charge in [0.15, 0.2) is 5.75 Å². The van der Waals surface area contributed by atoms with Crippen LogP contribution in [0.15, 0.2) is 53.0 Å². The van der Waals surface area contributed by atoms with Crippen LogP contribution in [-0.4, -0.2) is 30.4 Å². The number of aromatic nitrogens is 1. The van der Waals surface area contributed by atoms with Gasteiger partial charge in [0.1, 0.15) is 5.75 Å². The molecular weight excluding hydrogens is 444 g/mol. The average Bonchev–Trinajstić information content (AvgIpc) is 3.19. The zero-order chi connectivity index (χ0) is 22.6. The first kappa shape index (κ1) is 24.2. The summed E-state index contributed by atoms with van der Waals surface area (Å²) >= 11 is 7.49. The minimum atomic E-state index is -0.898. The predicted octanol–water partition coefficient (Wildman–Crippen LogP) is 5.95. The molecule has 0 saturated carbocycles. The molecule has 0 aliphatic heterocycles. The van der Waals surface area contributed by atoms with Gasteiger partial charge < -0.3 is 19.9 Å². The number of rotatable bonds is 5. The number of ether oxygens (including phenoxy) is 3. The molecule has 1 aromatic carbocycles. The number of nitrogens with zero attached hydrogens (tertiary/aromatic N) is 3. The molecule has 3 aromatic rings. The molecule has 2 heterocycles. The van der Waals surface area contributed by atoms with Crippen LogP contribution in [0.5, 0.6) is 11.5 Å². The van der Waals surface area contributed by atoms with E-state index in [1.54, 1.807) is 43.5 Å². The normalized spacial score (nSPS) is 10.5. The lowest BCUT2D eigenvalue weighted by atomic mass is 10.3. The van der Waals surface area contributed by atoms with Crippen LogP contribution in [-0.2, 0) is 16.0 Å². The van der Waals surface area contributed by atoms with E-state index in [1.165, 1.54) is 0 Å². The molecule has 0 saturated heterocycles. The molecular formula is C20H21ClN4O5S. The Morgan fingerprint density at radius 2 is 1.68 bits per heavy atom. The van der Waals surface area contributed by atoms with E-state index in [0.29, 0.717) is 11.6 Å². The van der Waals surface area contributed by atoms with Gasteiger partial charge in [-0.25, -0.2) is 9.59 Å². The van der Waals surface area contributed by atoms with E-state index in [2.05, 4.69) is 24.7 Å². The first-order valence-corrected chi connectivity index (χ1v) is 10.4. The standard InChI is InChI=1S/C14H11ClN2OS.C6H10N2O4/c15-9-1-3-10(4-2-9)18-13-7-17-8-14-12(13)5-11(6-16)19-14;1-3-11-5(9)7-8-6(10)12-4-2/h1-5,7-8H,6,16H2;3-4H2,1-2H3/b;8-7+. The number of carbonyl (C=O) groups is 2. The summed E-state index contributed by atoms with van der Waals surface area (Å²) in [4.78, 5) is 26.2. The predicted molar refractivity (Wildman–Crippen MR) is 118 cm³/mol. The van der Waals surface area contributed by atoms with E-state index in [9.17, 15) is 9.59 Å². The SMILES string of the molecule is CCOC(=O)/N=N/C(=O)OCC.NCc1cc2c(Oc3ccc(Cl)cc3)cncc2s1. The van der Waals surface area contributed by atoms with Crippen LogP contribution in [0.3, 0.4) is 0 Å². The number of benzene rings is 1. The Balaban J connectivity index is 0.000000248. The molecule has 2 aromatic heterocycles. The zero-order valence-electron chi connectivity index (χ0n) is 16.9.